The van der Waals surface area contributed by atoms with Gasteiger partial charge < -0.3 is 14.6 Å². The van der Waals surface area contributed by atoms with E-state index in [2.05, 4.69) is 40.0 Å². The quantitative estimate of drug-likeness (QED) is 0.918. The third kappa shape index (κ3) is 3.59. The van der Waals surface area contributed by atoms with Gasteiger partial charge >= 0.3 is 0 Å². The number of aromatic nitrogens is 2. The summed E-state index contributed by atoms with van der Waals surface area (Å²) in [6.45, 7) is 1.60. The van der Waals surface area contributed by atoms with Crippen molar-refractivity contribution < 1.29 is 5.11 Å². The molecule has 5 heteroatoms. The minimum atomic E-state index is -0.558. The molecule has 0 amide bonds. The van der Waals surface area contributed by atoms with Gasteiger partial charge in [0.15, 0.2) is 0 Å². The van der Waals surface area contributed by atoms with Crippen molar-refractivity contribution in [1.82, 2.24) is 14.5 Å². The minimum absolute atomic E-state index is 0.558. The molecule has 1 fully saturated rings. The van der Waals surface area contributed by atoms with Crippen LogP contribution < -0.4 is 0 Å². The Labute approximate surface area is 136 Å². The molecule has 0 aromatic carbocycles. The first-order valence-corrected chi connectivity index (χ1v) is 8.90. The molecule has 22 heavy (non-hydrogen) atoms. The van der Waals surface area contributed by atoms with E-state index in [0.717, 1.165) is 38.1 Å². The van der Waals surface area contributed by atoms with Gasteiger partial charge in [-0.2, -0.15) is 0 Å². The normalized spacial score (nSPS) is 18.0. The molecule has 0 radical (unpaired) electrons. The van der Waals surface area contributed by atoms with Crippen LogP contribution in [0, 0.1) is 0 Å². The largest absolute Gasteiger partial charge is 0.388 e. The Morgan fingerprint density at radius 2 is 2.09 bits per heavy atom. The van der Waals surface area contributed by atoms with Crippen molar-refractivity contribution in [2.75, 3.05) is 14.1 Å². The van der Waals surface area contributed by atoms with E-state index in [-0.39, 0.29) is 0 Å². The van der Waals surface area contributed by atoms with Crippen molar-refractivity contribution in [2.24, 2.45) is 0 Å². The summed E-state index contributed by atoms with van der Waals surface area (Å²) in [7, 11) is 4.16. The molecule has 1 saturated carbocycles. The summed E-state index contributed by atoms with van der Waals surface area (Å²) in [4.78, 5) is 7.88. The fourth-order valence-electron chi connectivity index (χ4n) is 3.29. The second-order valence-electron chi connectivity index (χ2n) is 6.72. The Morgan fingerprint density at radius 3 is 2.82 bits per heavy atom. The van der Waals surface area contributed by atoms with Crippen LogP contribution in [0.15, 0.2) is 23.8 Å². The maximum atomic E-state index is 10.8. The summed E-state index contributed by atoms with van der Waals surface area (Å²) >= 11 is 1.73. The number of rotatable bonds is 5. The highest BCUT2D eigenvalue weighted by Gasteiger charge is 2.30. The Hall–Kier alpha value is -1.17. The first-order chi connectivity index (χ1) is 10.6. The molecule has 1 aliphatic carbocycles. The predicted molar refractivity (Wildman–Crippen MR) is 91.0 cm³/mol. The summed E-state index contributed by atoms with van der Waals surface area (Å²) in [5.74, 6) is 0.981. The molecule has 2 heterocycles. The van der Waals surface area contributed by atoms with E-state index in [4.69, 9.17) is 0 Å². The number of aliphatic hydroxyl groups is 1. The summed E-state index contributed by atoms with van der Waals surface area (Å²) in [5, 5.41) is 13.0. The lowest BCUT2D eigenvalue weighted by atomic mass is 9.85. The fourth-order valence-corrected chi connectivity index (χ4v) is 4.20. The average Bonchev–Trinajstić information content (AvgIpc) is 3.07. The predicted octanol–water partition coefficient (Wildman–Crippen LogP) is 3.37. The zero-order valence-corrected chi connectivity index (χ0v) is 14.3. The van der Waals surface area contributed by atoms with Crippen molar-refractivity contribution in [2.45, 2.75) is 50.8 Å². The average molecular weight is 319 g/mol. The van der Waals surface area contributed by atoms with Gasteiger partial charge in [-0.05, 0) is 43.9 Å². The third-order valence-corrected chi connectivity index (χ3v) is 5.31. The van der Waals surface area contributed by atoms with Gasteiger partial charge in [-0.15, -0.1) is 11.3 Å². The van der Waals surface area contributed by atoms with E-state index in [0.29, 0.717) is 6.54 Å². The SMILES string of the molecule is CN(C)Cc1csc(-c2nccn2CC2(O)CCCCC2)c1. The van der Waals surface area contributed by atoms with E-state index in [1.807, 2.05) is 12.4 Å². The smallest absolute Gasteiger partial charge is 0.150 e. The molecule has 3 rings (SSSR count). The lowest BCUT2D eigenvalue weighted by Crippen LogP contribution is -2.36. The maximum absolute atomic E-state index is 10.8. The van der Waals surface area contributed by atoms with Gasteiger partial charge in [0.05, 0.1) is 17.0 Å². The van der Waals surface area contributed by atoms with Crippen molar-refractivity contribution >= 4 is 11.3 Å². The second-order valence-corrected chi connectivity index (χ2v) is 7.63. The molecule has 0 saturated heterocycles. The van der Waals surface area contributed by atoms with Crippen LogP contribution in [0.2, 0.25) is 0 Å². The van der Waals surface area contributed by atoms with Gasteiger partial charge in [-0.1, -0.05) is 19.3 Å². The van der Waals surface area contributed by atoms with Gasteiger partial charge in [-0.3, -0.25) is 0 Å². The fraction of sp³-hybridized carbons (Fsp3) is 0.588. The van der Waals surface area contributed by atoms with Gasteiger partial charge in [0.2, 0.25) is 0 Å². The Balaban J connectivity index is 1.78. The van der Waals surface area contributed by atoms with Crippen LogP contribution in [0.1, 0.15) is 37.7 Å². The molecule has 0 aliphatic heterocycles. The lowest BCUT2D eigenvalue weighted by Gasteiger charge is -2.32. The van der Waals surface area contributed by atoms with E-state index < -0.39 is 5.60 Å². The summed E-state index contributed by atoms with van der Waals surface area (Å²) in [5.41, 5.74) is 0.758. The molecule has 120 valence electrons. The molecule has 2 aromatic rings. The van der Waals surface area contributed by atoms with Gasteiger partial charge in [-0.25, -0.2) is 4.98 Å². The van der Waals surface area contributed by atoms with E-state index in [1.165, 1.54) is 16.9 Å². The number of hydrogen-bond donors (Lipinski definition) is 1. The van der Waals surface area contributed by atoms with Gasteiger partial charge in [0.1, 0.15) is 5.82 Å². The highest BCUT2D eigenvalue weighted by molar-refractivity contribution is 7.13. The van der Waals surface area contributed by atoms with E-state index in [9.17, 15) is 5.11 Å². The lowest BCUT2D eigenvalue weighted by molar-refractivity contribution is -0.0111. The first-order valence-electron chi connectivity index (χ1n) is 8.02. The molecule has 0 bridgehead atoms. The highest BCUT2D eigenvalue weighted by Crippen LogP contribution is 2.32. The molecule has 2 aromatic heterocycles. The van der Waals surface area contributed by atoms with Crippen molar-refractivity contribution in [1.29, 1.82) is 0 Å². The van der Waals surface area contributed by atoms with Crippen molar-refractivity contribution in [3.8, 4) is 10.7 Å². The molecule has 4 nitrogen and oxygen atoms in total. The molecular weight excluding hydrogens is 294 g/mol. The number of nitrogens with zero attached hydrogens (tertiary/aromatic N) is 3. The number of imidazole rings is 1. The molecule has 0 spiro atoms. The van der Waals surface area contributed by atoms with E-state index in [1.54, 1.807) is 11.3 Å². The molecule has 0 unspecified atom stereocenters. The standard InChI is InChI=1S/C17H25N3OS/c1-19(2)11-14-10-15(22-12-14)16-18-8-9-20(16)13-17(21)6-4-3-5-7-17/h8-10,12,21H,3-7,11,13H2,1-2H3. The molecule has 1 aliphatic rings. The molecular formula is C17H25N3OS. The Kier molecular flexibility index (Phi) is 4.66. The Morgan fingerprint density at radius 1 is 1.32 bits per heavy atom. The Bertz CT molecular complexity index is 611. The third-order valence-electron chi connectivity index (χ3n) is 4.34. The first kappa shape index (κ1) is 15.7. The zero-order valence-electron chi connectivity index (χ0n) is 13.5. The summed E-state index contributed by atoms with van der Waals surface area (Å²) in [6, 6.07) is 2.22. The van der Waals surface area contributed by atoms with Crippen LogP contribution in [-0.2, 0) is 13.1 Å². The van der Waals surface area contributed by atoms with Crippen molar-refractivity contribution in [3.63, 3.8) is 0 Å². The molecule has 1 N–H and O–H groups in total. The van der Waals surface area contributed by atoms with Gasteiger partial charge in [0.25, 0.3) is 0 Å². The summed E-state index contributed by atoms with van der Waals surface area (Å²) in [6.07, 6.45) is 9.15. The van der Waals surface area contributed by atoms with Crippen LogP contribution in [0.5, 0.6) is 0 Å². The van der Waals surface area contributed by atoms with Crippen molar-refractivity contribution in [3.05, 3.63) is 29.4 Å². The number of thiophene rings is 1. The second kappa shape index (κ2) is 6.52. The van der Waals surface area contributed by atoms with Crippen LogP contribution in [0.25, 0.3) is 10.7 Å². The monoisotopic (exact) mass is 319 g/mol. The highest BCUT2D eigenvalue weighted by atomic mass is 32.1. The topological polar surface area (TPSA) is 41.3 Å². The summed E-state index contributed by atoms with van der Waals surface area (Å²) < 4.78 is 2.12. The zero-order chi connectivity index (χ0) is 15.6. The maximum Gasteiger partial charge on any atom is 0.150 e. The van der Waals surface area contributed by atoms with Crippen LogP contribution in [-0.4, -0.2) is 39.3 Å². The number of hydrogen-bond acceptors (Lipinski definition) is 4. The minimum Gasteiger partial charge on any atom is -0.388 e. The van der Waals surface area contributed by atoms with Gasteiger partial charge in [0, 0.05) is 18.9 Å². The molecule has 0 atom stereocenters. The van der Waals surface area contributed by atoms with E-state index >= 15 is 0 Å². The van der Waals surface area contributed by atoms with Crippen LogP contribution in [0.4, 0.5) is 0 Å². The van der Waals surface area contributed by atoms with Crippen LogP contribution >= 0.6 is 11.3 Å². The van der Waals surface area contributed by atoms with Crippen LogP contribution in [0.3, 0.4) is 0 Å².